The monoisotopic (exact) mass is 421 g/mol. The first-order chi connectivity index (χ1) is 14.7. The Morgan fingerprint density at radius 1 is 1.20 bits per heavy atom. The number of Topliss-reactive ketones (excluding diaryl/α,β-unsaturated/α-hetero) is 1. The molecule has 0 spiro atoms. The van der Waals surface area contributed by atoms with Gasteiger partial charge in [0, 0.05) is 12.1 Å². The van der Waals surface area contributed by atoms with E-state index in [0.717, 1.165) is 12.2 Å². The number of hydrogen-bond acceptors (Lipinski definition) is 6. The van der Waals surface area contributed by atoms with E-state index in [1.54, 1.807) is 6.08 Å². The smallest absolute Gasteiger partial charge is 0.192 e. The highest BCUT2D eigenvalue weighted by Gasteiger charge is 2.28. The number of fused-ring (bicyclic) bond motifs is 1. The van der Waals surface area contributed by atoms with E-state index < -0.39 is 0 Å². The van der Waals surface area contributed by atoms with E-state index in [1.165, 1.54) is 17.3 Å². The fourth-order valence-corrected chi connectivity index (χ4v) is 4.08. The maximum atomic E-state index is 12.6. The van der Waals surface area contributed by atoms with Crippen molar-refractivity contribution in [3.8, 4) is 11.5 Å². The van der Waals surface area contributed by atoms with Crippen LogP contribution in [0.5, 0.6) is 11.5 Å². The SMILES string of the molecule is C=CCn1c(SCC(=O)c2ccc(CC)cc2)nnc1[C@H]1COc2ccccc2O1. The molecular formula is C23H23N3O3S. The summed E-state index contributed by atoms with van der Waals surface area (Å²) in [4.78, 5) is 12.6. The Balaban J connectivity index is 1.48. The van der Waals surface area contributed by atoms with Crippen molar-refractivity contribution < 1.29 is 14.3 Å². The normalized spacial score (nSPS) is 15.0. The van der Waals surface area contributed by atoms with Crippen molar-refractivity contribution in [2.75, 3.05) is 12.4 Å². The van der Waals surface area contributed by atoms with Crippen LogP contribution in [0.15, 0.2) is 66.3 Å². The van der Waals surface area contributed by atoms with Gasteiger partial charge in [0.2, 0.25) is 0 Å². The first-order valence-corrected chi connectivity index (χ1v) is 10.9. The quantitative estimate of drug-likeness (QED) is 0.303. The van der Waals surface area contributed by atoms with E-state index >= 15 is 0 Å². The molecule has 0 radical (unpaired) electrons. The molecule has 3 aromatic rings. The lowest BCUT2D eigenvalue weighted by molar-refractivity contribution is 0.0821. The highest BCUT2D eigenvalue weighted by molar-refractivity contribution is 7.99. The van der Waals surface area contributed by atoms with Gasteiger partial charge in [-0.2, -0.15) is 0 Å². The molecule has 0 fully saturated rings. The van der Waals surface area contributed by atoms with Crippen molar-refractivity contribution in [1.82, 2.24) is 14.8 Å². The lowest BCUT2D eigenvalue weighted by atomic mass is 10.1. The predicted octanol–water partition coefficient (Wildman–Crippen LogP) is 4.51. The van der Waals surface area contributed by atoms with Crippen molar-refractivity contribution in [2.45, 2.75) is 31.1 Å². The van der Waals surface area contributed by atoms with Gasteiger partial charge >= 0.3 is 0 Å². The largest absolute Gasteiger partial charge is 0.485 e. The third-order valence-electron chi connectivity index (χ3n) is 4.87. The van der Waals surface area contributed by atoms with E-state index in [4.69, 9.17) is 9.47 Å². The molecule has 0 N–H and O–H groups in total. The number of nitrogens with zero attached hydrogens (tertiary/aromatic N) is 3. The van der Waals surface area contributed by atoms with E-state index in [2.05, 4.69) is 23.7 Å². The van der Waals surface area contributed by atoms with Crippen LogP contribution >= 0.6 is 11.8 Å². The van der Waals surface area contributed by atoms with Crippen molar-refractivity contribution in [1.29, 1.82) is 0 Å². The molecule has 0 aliphatic carbocycles. The molecule has 0 saturated heterocycles. The summed E-state index contributed by atoms with van der Waals surface area (Å²) >= 11 is 1.37. The topological polar surface area (TPSA) is 66.2 Å². The van der Waals surface area contributed by atoms with Gasteiger partial charge in [0.15, 0.2) is 34.4 Å². The molecule has 1 aliphatic heterocycles. The second-order valence-electron chi connectivity index (χ2n) is 6.87. The van der Waals surface area contributed by atoms with Gasteiger partial charge in [0.25, 0.3) is 0 Å². The van der Waals surface area contributed by atoms with E-state index in [-0.39, 0.29) is 17.6 Å². The number of allylic oxidation sites excluding steroid dienone is 1. The second-order valence-corrected chi connectivity index (χ2v) is 7.81. The van der Waals surface area contributed by atoms with Gasteiger partial charge in [-0.3, -0.25) is 9.36 Å². The number of ether oxygens (including phenoxy) is 2. The Bertz CT molecular complexity index is 1050. The zero-order chi connectivity index (χ0) is 20.9. The standard InChI is InChI=1S/C23H23N3O3S/c1-3-13-26-22(21-14-28-19-7-5-6-8-20(19)29-21)24-25-23(26)30-15-18(27)17-11-9-16(4-2)10-12-17/h3,5-12,21H,1,4,13-15H2,2H3/t21-/m1/s1. The van der Waals surface area contributed by atoms with E-state index in [9.17, 15) is 4.79 Å². The van der Waals surface area contributed by atoms with Crippen LogP contribution in [0.3, 0.4) is 0 Å². The molecule has 0 unspecified atom stereocenters. The third kappa shape index (κ3) is 4.26. The molecule has 0 bridgehead atoms. The predicted molar refractivity (Wildman–Crippen MR) is 116 cm³/mol. The number of thioether (sulfide) groups is 1. The zero-order valence-electron chi connectivity index (χ0n) is 16.8. The molecule has 0 saturated carbocycles. The summed E-state index contributed by atoms with van der Waals surface area (Å²) in [5, 5.41) is 9.29. The molecule has 1 aliphatic rings. The van der Waals surface area contributed by atoms with Crippen molar-refractivity contribution in [3.63, 3.8) is 0 Å². The van der Waals surface area contributed by atoms with Gasteiger partial charge < -0.3 is 9.47 Å². The number of aryl methyl sites for hydroxylation is 1. The highest BCUT2D eigenvalue weighted by Crippen LogP contribution is 2.36. The van der Waals surface area contributed by atoms with Crippen LogP contribution in [0, 0.1) is 0 Å². The number of aromatic nitrogens is 3. The van der Waals surface area contributed by atoms with Crippen LogP contribution in [-0.4, -0.2) is 32.9 Å². The molecule has 2 heterocycles. The first kappa shape index (κ1) is 20.2. The van der Waals surface area contributed by atoms with Gasteiger partial charge in [0.1, 0.15) is 6.61 Å². The summed E-state index contributed by atoms with van der Waals surface area (Å²) in [6.07, 6.45) is 2.35. The molecule has 154 valence electrons. The van der Waals surface area contributed by atoms with Crippen LogP contribution in [-0.2, 0) is 13.0 Å². The van der Waals surface area contributed by atoms with Crippen LogP contribution < -0.4 is 9.47 Å². The Hall–Kier alpha value is -3.06. The van der Waals surface area contributed by atoms with E-state index in [1.807, 2.05) is 53.1 Å². The lowest BCUT2D eigenvalue weighted by Crippen LogP contribution is -2.25. The summed E-state index contributed by atoms with van der Waals surface area (Å²) in [7, 11) is 0. The molecular weight excluding hydrogens is 398 g/mol. The Kier molecular flexibility index (Phi) is 6.18. The molecule has 0 amide bonds. The lowest BCUT2D eigenvalue weighted by Gasteiger charge is -2.26. The minimum absolute atomic E-state index is 0.0588. The van der Waals surface area contributed by atoms with E-state index in [0.29, 0.717) is 35.4 Å². The summed E-state index contributed by atoms with van der Waals surface area (Å²) in [5.74, 6) is 2.40. The molecule has 1 atom stereocenters. The minimum atomic E-state index is -0.376. The number of ketones is 1. The number of hydrogen-bond donors (Lipinski definition) is 0. The van der Waals surface area contributed by atoms with Gasteiger partial charge in [-0.25, -0.2) is 0 Å². The van der Waals surface area contributed by atoms with Crippen LogP contribution in [0.1, 0.15) is 34.8 Å². The fourth-order valence-electron chi connectivity index (χ4n) is 3.23. The molecule has 1 aromatic heterocycles. The maximum Gasteiger partial charge on any atom is 0.192 e. The van der Waals surface area contributed by atoms with Crippen molar-refractivity contribution in [3.05, 3.63) is 78.1 Å². The average Bonchev–Trinajstić information content (AvgIpc) is 3.20. The fraction of sp³-hybridized carbons (Fsp3) is 0.261. The molecule has 7 heteroatoms. The zero-order valence-corrected chi connectivity index (χ0v) is 17.6. The van der Waals surface area contributed by atoms with Crippen LogP contribution in [0.25, 0.3) is 0 Å². The third-order valence-corrected chi connectivity index (χ3v) is 5.84. The first-order valence-electron chi connectivity index (χ1n) is 9.87. The Labute approximate surface area is 179 Å². The second kappa shape index (κ2) is 9.17. The maximum absolute atomic E-state index is 12.6. The van der Waals surface area contributed by atoms with Gasteiger partial charge in [-0.1, -0.05) is 61.2 Å². The van der Waals surface area contributed by atoms with Crippen molar-refractivity contribution >= 4 is 17.5 Å². The highest BCUT2D eigenvalue weighted by atomic mass is 32.2. The Morgan fingerprint density at radius 3 is 2.70 bits per heavy atom. The Morgan fingerprint density at radius 2 is 1.97 bits per heavy atom. The molecule has 2 aromatic carbocycles. The van der Waals surface area contributed by atoms with Crippen LogP contribution in [0.2, 0.25) is 0 Å². The molecule has 30 heavy (non-hydrogen) atoms. The van der Waals surface area contributed by atoms with Gasteiger partial charge in [0.05, 0.1) is 5.75 Å². The number of benzene rings is 2. The minimum Gasteiger partial charge on any atom is -0.485 e. The number of carbonyl (C=O) groups is 1. The molecule has 6 nitrogen and oxygen atoms in total. The summed E-state index contributed by atoms with van der Waals surface area (Å²) in [6.45, 7) is 6.79. The van der Waals surface area contributed by atoms with Crippen LogP contribution in [0.4, 0.5) is 0 Å². The van der Waals surface area contributed by atoms with Gasteiger partial charge in [-0.05, 0) is 24.1 Å². The number of rotatable bonds is 8. The summed E-state index contributed by atoms with van der Waals surface area (Å²) in [5.41, 5.74) is 1.92. The number of para-hydroxylation sites is 2. The molecule has 4 rings (SSSR count). The number of carbonyl (C=O) groups excluding carboxylic acids is 1. The van der Waals surface area contributed by atoms with Gasteiger partial charge in [-0.15, -0.1) is 16.8 Å². The van der Waals surface area contributed by atoms with Crippen molar-refractivity contribution in [2.24, 2.45) is 0 Å². The average molecular weight is 422 g/mol. The summed E-state index contributed by atoms with van der Waals surface area (Å²) in [6, 6.07) is 15.3. The summed E-state index contributed by atoms with van der Waals surface area (Å²) < 4.78 is 13.8.